The van der Waals surface area contributed by atoms with E-state index in [0.29, 0.717) is 23.7 Å². The summed E-state index contributed by atoms with van der Waals surface area (Å²) in [5.41, 5.74) is 1.39. The van der Waals surface area contributed by atoms with E-state index in [0.717, 1.165) is 29.6 Å². The fourth-order valence-electron chi connectivity index (χ4n) is 3.16. The van der Waals surface area contributed by atoms with Crippen LogP contribution in [-0.2, 0) is 0 Å². The van der Waals surface area contributed by atoms with E-state index in [1.54, 1.807) is 24.4 Å². The van der Waals surface area contributed by atoms with Crippen molar-refractivity contribution in [1.82, 2.24) is 30.5 Å². The number of benzene rings is 1. The first kappa shape index (κ1) is 15.0. The van der Waals surface area contributed by atoms with Crippen LogP contribution in [0, 0.1) is 0 Å². The molecular formula is C16H15ClN6O. The molecule has 0 aliphatic carbocycles. The van der Waals surface area contributed by atoms with Gasteiger partial charge in [-0.15, -0.1) is 10.2 Å². The summed E-state index contributed by atoms with van der Waals surface area (Å²) in [5.74, 6) is 1.00. The number of hydrogen-bond acceptors (Lipinski definition) is 5. The Balaban J connectivity index is 1.55. The Labute approximate surface area is 143 Å². The van der Waals surface area contributed by atoms with Gasteiger partial charge in [0.05, 0.1) is 11.1 Å². The normalized spacial score (nSPS) is 15.8. The number of likely N-dealkylation sites (tertiary alicyclic amines) is 1. The summed E-state index contributed by atoms with van der Waals surface area (Å²) in [6.45, 7) is 1.35. The molecule has 3 heterocycles. The molecule has 24 heavy (non-hydrogen) atoms. The number of hydrogen-bond donors (Lipinski definition) is 1. The number of fused-ring (bicyclic) bond motifs is 1. The molecule has 0 bridgehead atoms. The highest BCUT2D eigenvalue weighted by Gasteiger charge is 2.27. The highest BCUT2D eigenvalue weighted by atomic mass is 35.5. The Morgan fingerprint density at radius 2 is 2.08 bits per heavy atom. The predicted molar refractivity (Wildman–Crippen MR) is 88.8 cm³/mol. The number of nitrogens with zero attached hydrogens (tertiary/aromatic N) is 5. The summed E-state index contributed by atoms with van der Waals surface area (Å²) >= 11 is 6.01. The van der Waals surface area contributed by atoms with Crippen molar-refractivity contribution in [1.29, 1.82) is 0 Å². The van der Waals surface area contributed by atoms with Gasteiger partial charge in [0.15, 0.2) is 5.82 Å². The van der Waals surface area contributed by atoms with Crippen molar-refractivity contribution >= 4 is 28.4 Å². The van der Waals surface area contributed by atoms with E-state index in [-0.39, 0.29) is 11.8 Å². The topological polar surface area (TPSA) is 87.7 Å². The smallest absolute Gasteiger partial charge is 0.254 e. The van der Waals surface area contributed by atoms with Gasteiger partial charge in [0, 0.05) is 35.6 Å². The van der Waals surface area contributed by atoms with Crippen LogP contribution < -0.4 is 0 Å². The van der Waals surface area contributed by atoms with Crippen LogP contribution in [-0.4, -0.2) is 49.5 Å². The van der Waals surface area contributed by atoms with E-state index in [2.05, 4.69) is 25.6 Å². The van der Waals surface area contributed by atoms with E-state index in [9.17, 15) is 4.79 Å². The molecule has 0 saturated carbocycles. The minimum absolute atomic E-state index is 0.0243. The van der Waals surface area contributed by atoms with Gasteiger partial charge in [-0.1, -0.05) is 22.9 Å². The number of carbonyl (C=O) groups excluding carboxylic acids is 1. The number of halogens is 1. The lowest BCUT2D eigenvalue weighted by atomic mass is 9.95. The molecule has 1 aromatic carbocycles. The highest BCUT2D eigenvalue weighted by Crippen LogP contribution is 2.27. The monoisotopic (exact) mass is 342 g/mol. The van der Waals surface area contributed by atoms with Crippen LogP contribution in [0.2, 0.25) is 5.02 Å². The minimum Gasteiger partial charge on any atom is -0.339 e. The molecule has 0 spiro atoms. The number of aromatic amines is 1. The third kappa shape index (κ3) is 2.71. The number of pyridine rings is 1. The zero-order valence-corrected chi connectivity index (χ0v) is 13.6. The molecule has 1 aliphatic heterocycles. The maximum Gasteiger partial charge on any atom is 0.254 e. The maximum absolute atomic E-state index is 12.9. The van der Waals surface area contributed by atoms with E-state index >= 15 is 0 Å². The third-order valence-corrected chi connectivity index (χ3v) is 4.68. The molecule has 1 saturated heterocycles. The van der Waals surface area contributed by atoms with Crippen LogP contribution in [0.4, 0.5) is 0 Å². The molecular weight excluding hydrogens is 328 g/mol. The van der Waals surface area contributed by atoms with Gasteiger partial charge in [-0.25, -0.2) is 0 Å². The molecule has 0 atom stereocenters. The Kier molecular flexibility index (Phi) is 3.86. The van der Waals surface area contributed by atoms with Crippen molar-refractivity contribution in [2.45, 2.75) is 18.8 Å². The molecule has 122 valence electrons. The maximum atomic E-state index is 12.9. The SMILES string of the molecule is O=C(c1ccnc2cc(Cl)ccc12)N1CCC(c2nn[nH]n2)CC1. The summed E-state index contributed by atoms with van der Waals surface area (Å²) in [7, 11) is 0. The van der Waals surface area contributed by atoms with E-state index in [4.69, 9.17) is 11.6 Å². The first-order chi connectivity index (χ1) is 11.7. The zero-order valence-electron chi connectivity index (χ0n) is 12.8. The molecule has 4 rings (SSSR count). The molecule has 0 radical (unpaired) electrons. The molecule has 0 unspecified atom stereocenters. The number of rotatable bonds is 2. The molecule has 7 nitrogen and oxygen atoms in total. The van der Waals surface area contributed by atoms with Crippen LogP contribution >= 0.6 is 11.6 Å². The van der Waals surface area contributed by atoms with E-state index < -0.39 is 0 Å². The standard InChI is InChI=1S/C16H15ClN6O/c17-11-1-2-12-13(3-6-18-14(12)9-11)16(24)23-7-4-10(5-8-23)15-19-21-22-20-15/h1-3,6,9-10H,4-5,7-8H2,(H,19,20,21,22). The molecule has 8 heteroatoms. The Morgan fingerprint density at radius 1 is 1.25 bits per heavy atom. The number of carbonyl (C=O) groups is 1. The lowest BCUT2D eigenvalue weighted by Crippen LogP contribution is -2.38. The van der Waals surface area contributed by atoms with Crippen molar-refractivity contribution in [3.8, 4) is 0 Å². The predicted octanol–water partition coefficient (Wildman–Crippen LogP) is 2.42. The van der Waals surface area contributed by atoms with Gasteiger partial charge in [0.1, 0.15) is 0 Å². The van der Waals surface area contributed by atoms with Crippen molar-refractivity contribution < 1.29 is 4.79 Å². The third-order valence-electron chi connectivity index (χ3n) is 4.44. The quantitative estimate of drug-likeness (QED) is 0.772. The molecule has 1 aliphatic rings. The van der Waals surface area contributed by atoms with Crippen LogP contribution in [0.5, 0.6) is 0 Å². The number of piperidine rings is 1. The van der Waals surface area contributed by atoms with Crippen LogP contribution in [0.3, 0.4) is 0 Å². The van der Waals surface area contributed by atoms with Crippen LogP contribution in [0.15, 0.2) is 30.5 Å². The first-order valence-corrected chi connectivity index (χ1v) is 8.17. The number of amides is 1. The molecule has 2 aromatic heterocycles. The number of tetrazole rings is 1. The second-order valence-electron chi connectivity index (χ2n) is 5.86. The van der Waals surface area contributed by atoms with Gasteiger partial charge < -0.3 is 4.90 Å². The van der Waals surface area contributed by atoms with Crippen molar-refractivity contribution in [2.24, 2.45) is 0 Å². The van der Waals surface area contributed by atoms with E-state index in [1.165, 1.54) is 0 Å². The molecule has 1 N–H and O–H groups in total. The largest absolute Gasteiger partial charge is 0.339 e. The summed E-state index contributed by atoms with van der Waals surface area (Å²) in [4.78, 5) is 19.1. The van der Waals surface area contributed by atoms with Gasteiger partial charge in [0.25, 0.3) is 5.91 Å². The molecule has 1 amide bonds. The Hall–Kier alpha value is -2.54. The Morgan fingerprint density at radius 3 is 2.83 bits per heavy atom. The first-order valence-electron chi connectivity index (χ1n) is 7.79. The summed E-state index contributed by atoms with van der Waals surface area (Å²) in [5, 5.41) is 15.6. The van der Waals surface area contributed by atoms with Crippen molar-refractivity contribution in [3.63, 3.8) is 0 Å². The zero-order chi connectivity index (χ0) is 16.5. The summed E-state index contributed by atoms with van der Waals surface area (Å²) < 4.78 is 0. The van der Waals surface area contributed by atoms with Gasteiger partial charge in [-0.3, -0.25) is 9.78 Å². The fraction of sp³-hybridized carbons (Fsp3) is 0.312. The lowest BCUT2D eigenvalue weighted by molar-refractivity contribution is 0.0713. The number of nitrogens with one attached hydrogen (secondary N) is 1. The highest BCUT2D eigenvalue weighted by molar-refractivity contribution is 6.31. The second kappa shape index (κ2) is 6.16. The summed E-state index contributed by atoms with van der Waals surface area (Å²) in [6.07, 6.45) is 3.32. The van der Waals surface area contributed by atoms with E-state index in [1.807, 2.05) is 11.0 Å². The average Bonchev–Trinajstić information content (AvgIpc) is 3.15. The van der Waals surface area contributed by atoms with Gasteiger partial charge >= 0.3 is 0 Å². The minimum atomic E-state index is 0.0243. The second-order valence-corrected chi connectivity index (χ2v) is 6.29. The molecule has 3 aromatic rings. The average molecular weight is 343 g/mol. The van der Waals surface area contributed by atoms with Gasteiger partial charge in [-0.05, 0) is 31.0 Å². The number of H-pyrrole nitrogens is 1. The fourth-order valence-corrected chi connectivity index (χ4v) is 3.33. The summed E-state index contributed by atoms with van der Waals surface area (Å²) in [6, 6.07) is 7.18. The van der Waals surface area contributed by atoms with Crippen molar-refractivity contribution in [2.75, 3.05) is 13.1 Å². The van der Waals surface area contributed by atoms with Crippen LogP contribution in [0.25, 0.3) is 10.9 Å². The van der Waals surface area contributed by atoms with Gasteiger partial charge in [-0.2, -0.15) is 5.21 Å². The number of aromatic nitrogens is 5. The van der Waals surface area contributed by atoms with Crippen LogP contribution in [0.1, 0.15) is 34.9 Å². The van der Waals surface area contributed by atoms with Crippen molar-refractivity contribution in [3.05, 3.63) is 46.9 Å². The Bertz CT molecular complexity index is 873. The van der Waals surface area contributed by atoms with Gasteiger partial charge in [0.2, 0.25) is 0 Å². The molecule has 1 fully saturated rings. The lowest BCUT2D eigenvalue weighted by Gasteiger charge is -2.30.